The molecule has 3 rings (SSSR count). The normalized spacial score (nSPS) is 13.8. The fourth-order valence-corrected chi connectivity index (χ4v) is 2.62. The number of carbonyl (C=O) groups excluding carboxylic acids is 2. The summed E-state index contributed by atoms with van der Waals surface area (Å²) in [6.07, 6.45) is 0. The van der Waals surface area contributed by atoms with E-state index in [9.17, 15) is 14.0 Å². The fourth-order valence-electron chi connectivity index (χ4n) is 2.20. The number of nitrogens with zero attached hydrogens (tertiary/aromatic N) is 2. The van der Waals surface area contributed by atoms with Gasteiger partial charge in [-0.2, -0.15) is 0 Å². The fraction of sp³-hybridized carbons (Fsp3) is 0.0714. The molecule has 0 saturated heterocycles. The SMILES string of the molecule is O=C1C(=O)N(Cc2cccc(Cl)n2)c2c(F)ccc(Cl)c21. The quantitative estimate of drug-likeness (QED) is 0.629. The van der Waals surface area contributed by atoms with Crippen LogP contribution in [0.2, 0.25) is 10.2 Å². The summed E-state index contributed by atoms with van der Waals surface area (Å²) < 4.78 is 14.0. The summed E-state index contributed by atoms with van der Waals surface area (Å²) in [5.74, 6) is -2.34. The Kier molecular flexibility index (Phi) is 3.39. The molecule has 7 heteroatoms. The van der Waals surface area contributed by atoms with Gasteiger partial charge in [0.25, 0.3) is 11.7 Å². The highest BCUT2D eigenvalue weighted by Crippen LogP contribution is 2.37. The summed E-state index contributed by atoms with van der Waals surface area (Å²) in [4.78, 5) is 29.0. The molecule has 0 aliphatic carbocycles. The van der Waals surface area contributed by atoms with E-state index in [1.807, 2.05) is 0 Å². The molecule has 2 heterocycles. The molecule has 4 nitrogen and oxygen atoms in total. The van der Waals surface area contributed by atoms with E-state index in [4.69, 9.17) is 23.2 Å². The Morgan fingerprint density at radius 2 is 1.90 bits per heavy atom. The number of fused-ring (bicyclic) bond motifs is 1. The van der Waals surface area contributed by atoms with E-state index in [0.29, 0.717) is 5.69 Å². The number of anilines is 1. The first-order chi connectivity index (χ1) is 9.99. The summed E-state index contributed by atoms with van der Waals surface area (Å²) in [5.41, 5.74) is 0.221. The Hall–Kier alpha value is -1.98. The molecule has 0 fully saturated rings. The average molecular weight is 325 g/mol. The van der Waals surface area contributed by atoms with Gasteiger partial charge in [-0.25, -0.2) is 9.37 Å². The van der Waals surface area contributed by atoms with Crippen LogP contribution in [0, 0.1) is 5.82 Å². The van der Waals surface area contributed by atoms with Crippen LogP contribution in [0.15, 0.2) is 30.3 Å². The van der Waals surface area contributed by atoms with E-state index in [1.54, 1.807) is 18.2 Å². The third-order valence-corrected chi connectivity index (χ3v) is 3.63. The van der Waals surface area contributed by atoms with Gasteiger partial charge in [0.05, 0.1) is 28.5 Å². The van der Waals surface area contributed by atoms with E-state index < -0.39 is 17.5 Å². The number of carbonyl (C=O) groups is 2. The minimum atomic E-state index is -0.834. The predicted octanol–water partition coefficient (Wildman–Crippen LogP) is 3.26. The molecule has 1 aromatic heterocycles. The van der Waals surface area contributed by atoms with Crippen LogP contribution in [0.4, 0.5) is 10.1 Å². The van der Waals surface area contributed by atoms with Gasteiger partial charge in [-0.05, 0) is 24.3 Å². The van der Waals surface area contributed by atoms with Crippen LogP contribution in [-0.4, -0.2) is 16.7 Å². The number of Topliss-reactive ketones (excluding diaryl/α,β-unsaturated/α-hetero) is 1. The van der Waals surface area contributed by atoms with Crippen molar-refractivity contribution in [1.82, 2.24) is 4.98 Å². The lowest BCUT2D eigenvalue weighted by Gasteiger charge is -2.16. The van der Waals surface area contributed by atoms with Crippen molar-refractivity contribution in [3.63, 3.8) is 0 Å². The maximum Gasteiger partial charge on any atom is 0.299 e. The van der Waals surface area contributed by atoms with E-state index >= 15 is 0 Å². The van der Waals surface area contributed by atoms with Gasteiger partial charge in [-0.1, -0.05) is 29.3 Å². The standard InChI is InChI=1S/C14H7Cl2FN2O2/c15-8-4-5-9(17)12-11(8)13(20)14(21)19(12)6-7-2-1-3-10(16)18-7/h1-5H,6H2. The van der Waals surface area contributed by atoms with E-state index in [-0.39, 0.29) is 28.0 Å². The van der Waals surface area contributed by atoms with Crippen LogP contribution < -0.4 is 4.90 Å². The van der Waals surface area contributed by atoms with Crippen molar-refractivity contribution in [3.05, 3.63) is 57.6 Å². The molecular formula is C14H7Cl2FN2O2. The molecule has 0 bridgehead atoms. The lowest BCUT2D eigenvalue weighted by Crippen LogP contribution is -2.30. The van der Waals surface area contributed by atoms with Crippen LogP contribution in [0.3, 0.4) is 0 Å². The highest BCUT2D eigenvalue weighted by atomic mass is 35.5. The Morgan fingerprint density at radius 1 is 1.14 bits per heavy atom. The second-order valence-electron chi connectivity index (χ2n) is 4.42. The molecule has 0 saturated carbocycles. The molecule has 1 aliphatic rings. The summed E-state index contributed by atoms with van der Waals surface area (Å²) in [5, 5.41) is 0.295. The average Bonchev–Trinajstić information content (AvgIpc) is 2.69. The number of aromatic nitrogens is 1. The predicted molar refractivity (Wildman–Crippen MR) is 76.2 cm³/mol. The number of hydrogen-bond donors (Lipinski definition) is 0. The Morgan fingerprint density at radius 3 is 2.62 bits per heavy atom. The maximum absolute atomic E-state index is 14.0. The van der Waals surface area contributed by atoms with Gasteiger partial charge >= 0.3 is 0 Å². The zero-order chi connectivity index (χ0) is 15.1. The van der Waals surface area contributed by atoms with Gasteiger partial charge in [0.15, 0.2) is 0 Å². The summed E-state index contributed by atoms with van der Waals surface area (Å²) in [7, 11) is 0. The maximum atomic E-state index is 14.0. The van der Waals surface area contributed by atoms with Gasteiger partial charge in [0, 0.05) is 0 Å². The van der Waals surface area contributed by atoms with Gasteiger partial charge < -0.3 is 0 Å². The van der Waals surface area contributed by atoms with Crippen molar-refractivity contribution in [2.75, 3.05) is 4.90 Å². The molecule has 0 spiro atoms. The minimum Gasteiger partial charge on any atom is -0.296 e. The molecule has 0 unspecified atom stereocenters. The third-order valence-electron chi connectivity index (χ3n) is 3.11. The molecule has 0 N–H and O–H groups in total. The highest BCUT2D eigenvalue weighted by Gasteiger charge is 2.40. The summed E-state index contributed by atoms with van der Waals surface area (Å²) in [6.45, 7) is -0.0601. The molecule has 106 valence electrons. The molecule has 2 aromatic rings. The van der Waals surface area contributed by atoms with Crippen LogP contribution >= 0.6 is 23.2 Å². The van der Waals surface area contributed by atoms with Gasteiger partial charge in [-0.3, -0.25) is 14.5 Å². The molecule has 0 atom stereocenters. The number of halogens is 3. The first-order valence-corrected chi connectivity index (χ1v) is 6.70. The van der Waals surface area contributed by atoms with Crippen LogP contribution in [-0.2, 0) is 11.3 Å². The number of ketones is 1. The highest BCUT2D eigenvalue weighted by molar-refractivity contribution is 6.55. The van der Waals surface area contributed by atoms with Crippen molar-refractivity contribution in [2.24, 2.45) is 0 Å². The molecule has 1 aliphatic heterocycles. The Labute approximate surface area is 129 Å². The largest absolute Gasteiger partial charge is 0.299 e. The van der Waals surface area contributed by atoms with Crippen molar-refractivity contribution < 1.29 is 14.0 Å². The van der Waals surface area contributed by atoms with E-state index in [2.05, 4.69) is 4.98 Å². The summed E-state index contributed by atoms with van der Waals surface area (Å²) in [6, 6.07) is 7.23. The second-order valence-corrected chi connectivity index (χ2v) is 5.22. The van der Waals surface area contributed by atoms with Crippen molar-refractivity contribution >= 4 is 40.6 Å². The summed E-state index contributed by atoms with van der Waals surface area (Å²) >= 11 is 11.7. The first-order valence-electron chi connectivity index (χ1n) is 5.94. The second kappa shape index (κ2) is 5.09. The van der Waals surface area contributed by atoms with Gasteiger partial charge in [0.2, 0.25) is 0 Å². The zero-order valence-electron chi connectivity index (χ0n) is 10.4. The van der Waals surface area contributed by atoms with Gasteiger partial charge in [-0.15, -0.1) is 0 Å². The van der Waals surface area contributed by atoms with Crippen molar-refractivity contribution in [3.8, 4) is 0 Å². The van der Waals surface area contributed by atoms with Gasteiger partial charge in [0.1, 0.15) is 11.0 Å². The third kappa shape index (κ3) is 2.28. The van der Waals surface area contributed by atoms with Crippen LogP contribution in [0.5, 0.6) is 0 Å². The first kappa shape index (κ1) is 14.0. The monoisotopic (exact) mass is 324 g/mol. The topological polar surface area (TPSA) is 50.3 Å². The van der Waals surface area contributed by atoms with E-state index in [1.165, 1.54) is 6.07 Å². The molecule has 1 amide bonds. The van der Waals surface area contributed by atoms with Crippen molar-refractivity contribution in [2.45, 2.75) is 6.54 Å². The Bertz CT molecular complexity index is 780. The smallest absolute Gasteiger partial charge is 0.296 e. The molecule has 0 radical (unpaired) electrons. The van der Waals surface area contributed by atoms with Crippen LogP contribution in [0.25, 0.3) is 0 Å². The van der Waals surface area contributed by atoms with Crippen molar-refractivity contribution in [1.29, 1.82) is 0 Å². The number of pyridine rings is 1. The number of benzene rings is 1. The molecule has 1 aromatic carbocycles. The zero-order valence-corrected chi connectivity index (χ0v) is 12.0. The van der Waals surface area contributed by atoms with Crippen LogP contribution in [0.1, 0.15) is 16.1 Å². The number of hydrogen-bond acceptors (Lipinski definition) is 3. The lowest BCUT2D eigenvalue weighted by atomic mass is 10.1. The number of rotatable bonds is 2. The molecular weight excluding hydrogens is 318 g/mol. The molecule has 21 heavy (non-hydrogen) atoms. The van der Waals surface area contributed by atoms with E-state index in [0.717, 1.165) is 11.0 Å². The number of amides is 1. The lowest BCUT2D eigenvalue weighted by molar-refractivity contribution is -0.114. The minimum absolute atomic E-state index is 0.0475. The Balaban J connectivity index is 2.08.